The van der Waals surface area contributed by atoms with Crippen LogP contribution in [-0.2, 0) is 0 Å². The standard InChI is InChI=1S/C9H21N3OS/c1-4-5-10-9(14)11-6-8(13)7-12(2)3/h8,13H,4-7H2,1-3H3,(H2,10,11,14)/t8-/m1/s1. The fraction of sp³-hybridized carbons (Fsp3) is 0.889. The Morgan fingerprint density at radius 3 is 2.57 bits per heavy atom. The molecule has 0 rings (SSSR count). The number of thiocarbonyl (C=S) groups is 1. The molecule has 1 atom stereocenters. The van der Waals surface area contributed by atoms with Gasteiger partial charge in [0.25, 0.3) is 0 Å². The van der Waals surface area contributed by atoms with Gasteiger partial charge in [-0.3, -0.25) is 0 Å². The average Bonchev–Trinajstić information content (AvgIpc) is 2.10. The van der Waals surface area contributed by atoms with Crippen molar-refractivity contribution in [2.75, 3.05) is 33.7 Å². The smallest absolute Gasteiger partial charge is 0.166 e. The molecule has 0 radical (unpaired) electrons. The fourth-order valence-corrected chi connectivity index (χ4v) is 1.18. The van der Waals surface area contributed by atoms with Crippen LogP contribution in [0.2, 0.25) is 0 Å². The minimum atomic E-state index is -0.383. The lowest BCUT2D eigenvalue weighted by Gasteiger charge is -2.17. The van der Waals surface area contributed by atoms with E-state index in [-0.39, 0.29) is 6.10 Å². The van der Waals surface area contributed by atoms with Gasteiger partial charge in [0.1, 0.15) is 0 Å². The third-order valence-corrected chi connectivity index (χ3v) is 1.90. The molecule has 0 aliphatic heterocycles. The third-order valence-electron chi connectivity index (χ3n) is 1.61. The molecule has 0 unspecified atom stereocenters. The van der Waals surface area contributed by atoms with Gasteiger partial charge in [0.2, 0.25) is 0 Å². The molecule has 0 saturated carbocycles. The van der Waals surface area contributed by atoms with Crippen molar-refractivity contribution in [1.29, 1.82) is 0 Å². The Morgan fingerprint density at radius 1 is 1.43 bits per heavy atom. The maximum Gasteiger partial charge on any atom is 0.166 e. The summed E-state index contributed by atoms with van der Waals surface area (Å²) in [5, 5.41) is 16.1. The molecule has 84 valence electrons. The average molecular weight is 219 g/mol. The predicted molar refractivity (Wildman–Crippen MR) is 63.5 cm³/mol. The maximum atomic E-state index is 9.50. The van der Waals surface area contributed by atoms with Gasteiger partial charge in [-0.2, -0.15) is 0 Å². The van der Waals surface area contributed by atoms with Gasteiger partial charge in [0, 0.05) is 19.6 Å². The maximum absolute atomic E-state index is 9.50. The van der Waals surface area contributed by atoms with Gasteiger partial charge in [-0.05, 0) is 32.7 Å². The topological polar surface area (TPSA) is 47.5 Å². The second-order valence-electron chi connectivity index (χ2n) is 3.55. The summed E-state index contributed by atoms with van der Waals surface area (Å²) in [7, 11) is 3.85. The zero-order valence-electron chi connectivity index (χ0n) is 9.21. The summed E-state index contributed by atoms with van der Waals surface area (Å²) in [6.45, 7) is 4.09. The van der Waals surface area contributed by atoms with Crippen LogP contribution in [0, 0.1) is 0 Å². The van der Waals surface area contributed by atoms with Crippen LogP contribution in [-0.4, -0.2) is 55.0 Å². The Kier molecular flexibility index (Phi) is 7.74. The summed E-state index contributed by atoms with van der Waals surface area (Å²) in [4.78, 5) is 1.94. The summed E-state index contributed by atoms with van der Waals surface area (Å²) in [6.07, 6.45) is 0.661. The van der Waals surface area contributed by atoms with Crippen molar-refractivity contribution in [2.45, 2.75) is 19.4 Å². The number of likely N-dealkylation sites (N-methyl/N-ethyl adjacent to an activating group) is 1. The van der Waals surface area contributed by atoms with Crippen LogP contribution >= 0.6 is 12.2 Å². The number of nitrogens with one attached hydrogen (secondary N) is 2. The Morgan fingerprint density at radius 2 is 2.07 bits per heavy atom. The Labute approximate surface area is 91.7 Å². The molecule has 0 spiro atoms. The zero-order valence-corrected chi connectivity index (χ0v) is 10.0. The first-order valence-corrected chi connectivity index (χ1v) is 5.31. The molecule has 5 heteroatoms. The van der Waals surface area contributed by atoms with Gasteiger partial charge in [0.05, 0.1) is 6.10 Å². The molecule has 0 amide bonds. The van der Waals surface area contributed by atoms with E-state index in [1.54, 1.807) is 0 Å². The van der Waals surface area contributed by atoms with Crippen LogP contribution in [0.15, 0.2) is 0 Å². The van der Waals surface area contributed by atoms with E-state index in [0.29, 0.717) is 18.2 Å². The summed E-state index contributed by atoms with van der Waals surface area (Å²) in [5.41, 5.74) is 0. The highest BCUT2D eigenvalue weighted by Gasteiger charge is 2.05. The van der Waals surface area contributed by atoms with Crippen LogP contribution in [0.5, 0.6) is 0 Å². The molecule has 0 bridgehead atoms. The highest BCUT2D eigenvalue weighted by Crippen LogP contribution is 1.84. The zero-order chi connectivity index (χ0) is 11.0. The Balaban J connectivity index is 3.45. The van der Waals surface area contributed by atoms with Crippen LogP contribution in [0.3, 0.4) is 0 Å². The van der Waals surface area contributed by atoms with E-state index >= 15 is 0 Å². The summed E-state index contributed by atoms with van der Waals surface area (Å²) in [5.74, 6) is 0. The number of rotatable bonds is 6. The van der Waals surface area contributed by atoms with Gasteiger partial charge in [-0.1, -0.05) is 6.92 Å². The normalized spacial score (nSPS) is 12.6. The van der Waals surface area contributed by atoms with Crippen LogP contribution in [0.25, 0.3) is 0 Å². The highest BCUT2D eigenvalue weighted by molar-refractivity contribution is 7.80. The number of hydrogen-bond donors (Lipinski definition) is 3. The number of hydrogen-bond acceptors (Lipinski definition) is 3. The molecule has 3 N–H and O–H groups in total. The fourth-order valence-electron chi connectivity index (χ4n) is 0.998. The van der Waals surface area contributed by atoms with Gasteiger partial charge in [-0.15, -0.1) is 0 Å². The molecule has 0 aromatic heterocycles. The number of aliphatic hydroxyl groups is 1. The molecule has 0 heterocycles. The Hall–Kier alpha value is -0.390. The molecule has 0 saturated heterocycles. The first-order valence-electron chi connectivity index (χ1n) is 4.90. The van der Waals surface area contributed by atoms with Crippen LogP contribution < -0.4 is 10.6 Å². The third kappa shape index (κ3) is 8.22. The second kappa shape index (κ2) is 7.96. The highest BCUT2D eigenvalue weighted by atomic mass is 32.1. The van der Waals surface area contributed by atoms with Crippen molar-refractivity contribution in [3.63, 3.8) is 0 Å². The minimum Gasteiger partial charge on any atom is -0.390 e. The number of aliphatic hydroxyl groups excluding tert-OH is 1. The molecule has 14 heavy (non-hydrogen) atoms. The lowest BCUT2D eigenvalue weighted by molar-refractivity contribution is 0.139. The van der Waals surface area contributed by atoms with Crippen molar-refractivity contribution in [1.82, 2.24) is 15.5 Å². The van der Waals surface area contributed by atoms with Crippen molar-refractivity contribution in [2.24, 2.45) is 0 Å². The monoisotopic (exact) mass is 219 g/mol. The van der Waals surface area contributed by atoms with E-state index < -0.39 is 0 Å². The molecular formula is C9H21N3OS. The van der Waals surface area contributed by atoms with Crippen molar-refractivity contribution < 1.29 is 5.11 Å². The first-order chi connectivity index (χ1) is 6.56. The first kappa shape index (κ1) is 13.6. The lowest BCUT2D eigenvalue weighted by Crippen LogP contribution is -2.42. The van der Waals surface area contributed by atoms with E-state index in [1.165, 1.54) is 0 Å². The van der Waals surface area contributed by atoms with Crippen molar-refractivity contribution in [3.05, 3.63) is 0 Å². The summed E-state index contributed by atoms with van der Waals surface area (Å²) < 4.78 is 0. The van der Waals surface area contributed by atoms with E-state index in [0.717, 1.165) is 13.0 Å². The van der Waals surface area contributed by atoms with E-state index in [9.17, 15) is 5.11 Å². The predicted octanol–water partition coefficient (Wildman–Crippen LogP) is -0.217. The van der Waals surface area contributed by atoms with E-state index in [2.05, 4.69) is 17.6 Å². The quantitative estimate of drug-likeness (QED) is 0.539. The van der Waals surface area contributed by atoms with E-state index in [1.807, 2.05) is 19.0 Å². The van der Waals surface area contributed by atoms with Crippen LogP contribution in [0.4, 0.5) is 0 Å². The van der Waals surface area contributed by atoms with Gasteiger partial charge < -0.3 is 20.6 Å². The SMILES string of the molecule is CCCNC(=S)NC[C@@H](O)CN(C)C. The second-order valence-corrected chi connectivity index (χ2v) is 3.96. The van der Waals surface area contributed by atoms with Crippen molar-refractivity contribution >= 4 is 17.3 Å². The molecule has 0 aromatic carbocycles. The van der Waals surface area contributed by atoms with Gasteiger partial charge in [-0.25, -0.2) is 0 Å². The molecule has 0 aliphatic carbocycles. The molecule has 0 fully saturated rings. The van der Waals surface area contributed by atoms with E-state index in [4.69, 9.17) is 12.2 Å². The van der Waals surface area contributed by atoms with Crippen molar-refractivity contribution in [3.8, 4) is 0 Å². The summed E-state index contributed by atoms with van der Waals surface area (Å²) >= 11 is 5.00. The Bertz CT molecular complexity index is 164. The van der Waals surface area contributed by atoms with Gasteiger partial charge in [0.15, 0.2) is 5.11 Å². The largest absolute Gasteiger partial charge is 0.390 e. The minimum absolute atomic E-state index is 0.383. The van der Waals surface area contributed by atoms with Gasteiger partial charge >= 0.3 is 0 Å². The molecule has 0 aromatic rings. The molecule has 4 nitrogen and oxygen atoms in total. The molecule has 0 aliphatic rings. The van der Waals surface area contributed by atoms with Crippen LogP contribution in [0.1, 0.15) is 13.3 Å². The lowest BCUT2D eigenvalue weighted by atomic mass is 10.3. The molecular weight excluding hydrogens is 198 g/mol. The summed E-state index contributed by atoms with van der Waals surface area (Å²) in [6, 6.07) is 0. The number of nitrogens with zero attached hydrogens (tertiary/aromatic N) is 1.